The van der Waals surface area contributed by atoms with E-state index in [-0.39, 0.29) is 11.3 Å². The molecule has 0 saturated carbocycles. The molecule has 1 aromatic carbocycles. The maximum absolute atomic E-state index is 12.9. The van der Waals surface area contributed by atoms with Crippen molar-refractivity contribution in [1.82, 2.24) is 4.90 Å². The zero-order chi connectivity index (χ0) is 21.0. The van der Waals surface area contributed by atoms with Gasteiger partial charge in [0, 0.05) is 30.7 Å². The van der Waals surface area contributed by atoms with Gasteiger partial charge in [0.25, 0.3) is 11.7 Å². The number of aryl methyl sites for hydroxylation is 1. The summed E-state index contributed by atoms with van der Waals surface area (Å²) in [4.78, 5) is 28.1. The highest BCUT2D eigenvalue weighted by molar-refractivity contribution is 7.10. The molecule has 7 heteroatoms. The predicted molar refractivity (Wildman–Crippen MR) is 112 cm³/mol. The van der Waals surface area contributed by atoms with Crippen molar-refractivity contribution in [2.45, 2.75) is 26.3 Å². The van der Waals surface area contributed by atoms with Gasteiger partial charge in [-0.1, -0.05) is 0 Å². The first-order chi connectivity index (χ1) is 14.0. The first-order valence-electron chi connectivity index (χ1n) is 9.54. The largest absolute Gasteiger partial charge is 0.507 e. The second kappa shape index (κ2) is 9.24. The molecule has 0 aliphatic carbocycles. The number of amides is 1. The molecule has 1 N–H and O–H groups in total. The average Bonchev–Trinajstić information content (AvgIpc) is 3.24. The number of hydrogen-bond donors (Lipinski definition) is 1. The summed E-state index contributed by atoms with van der Waals surface area (Å²) in [6.07, 6.45) is 0.605. The minimum Gasteiger partial charge on any atom is -0.507 e. The van der Waals surface area contributed by atoms with Crippen LogP contribution in [0.25, 0.3) is 5.76 Å². The van der Waals surface area contributed by atoms with E-state index in [0.717, 1.165) is 10.4 Å². The molecule has 1 aliphatic rings. The van der Waals surface area contributed by atoms with Crippen LogP contribution in [0, 0.1) is 6.92 Å². The number of benzene rings is 1. The maximum atomic E-state index is 12.9. The smallest absolute Gasteiger partial charge is 0.295 e. The second-order valence-electron chi connectivity index (χ2n) is 6.76. The fourth-order valence-corrected chi connectivity index (χ4v) is 4.50. The predicted octanol–water partition coefficient (Wildman–Crippen LogP) is 3.91. The minimum atomic E-state index is -0.661. The van der Waals surface area contributed by atoms with Crippen molar-refractivity contribution in [2.75, 3.05) is 26.9 Å². The van der Waals surface area contributed by atoms with E-state index in [9.17, 15) is 14.7 Å². The van der Waals surface area contributed by atoms with Gasteiger partial charge in [0.05, 0.1) is 18.2 Å². The lowest BCUT2D eigenvalue weighted by molar-refractivity contribution is -0.140. The number of methoxy groups -OCH3 is 1. The lowest BCUT2D eigenvalue weighted by atomic mass is 9.98. The number of carbonyl (C=O) groups is 2. The molecule has 2 heterocycles. The van der Waals surface area contributed by atoms with Gasteiger partial charge in [0.1, 0.15) is 11.5 Å². The topological polar surface area (TPSA) is 76.1 Å². The van der Waals surface area contributed by atoms with Crippen LogP contribution in [0.3, 0.4) is 0 Å². The molecule has 0 bridgehead atoms. The van der Waals surface area contributed by atoms with Gasteiger partial charge in [0.15, 0.2) is 0 Å². The molecular formula is C22H25NO5S. The third kappa shape index (κ3) is 4.21. The van der Waals surface area contributed by atoms with Crippen LogP contribution in [0.5, 0.6) is 5.75 Å². The number of aliphatic hydroxyl groups is 1. The van der Waals surface area contributed by atoms with Crippen molar-refractivity contribution < 1.29 is 24.2 Å². The molecule has 6 nitrogen and oxygen atoms in total. The van der Waals surface area contributed by atoms with Gasteiger partial charge in [-0.3, -0.25) is 9.59 Å². The SMILES string of the molecule is CCOc1ccc(/C(O)=C2/C(=O)C(=O)N(CCCOC)C2c2sccc2C)cc1. The summed E-state index contributed by atoms with van der Waals surface area (Å²) in [5.41, 5.74) is 1.58. The van der Waals surface area contributed by atoms with Crippen molar-refractivity contribution in [3.8, 4) is 5.75 Å². The molecule has 1 atom stereocenters. The normalized spacial score (nSPS) is 18.4. The number of thiophene rings is 1. The standard InChI is InChI=1S/C22H25NO5S/c1-4-28-16-8-6-15(7-9-16)19(24)17-18(21-14(2)10-13-29-21)23(11-5-12-27-3)22(26)20(17)25/h6-10,13,18,24H,4-5,11-12H2,1-3H3/b19-17-. The molecule has 1 unspecified atom stereocenters. The summed E-state index contributed by atoms with van der Waals surface area (Å²) in [5, 5.41) is 12.9. The van der Waals surface area contributed by atoms with Gasteiger partial charge in [-0.05, 0) is 61.5 Å². The number of carbonyl (C=O) groups excluding carboxylic acids is 2. The molecule has 1 amide bonds. The van der Waals surface area contributed by atoms with Gasteiger partial charge in [-0.15, -0.1) is 11.3 Å². The number of Topliss-reactive ketones (excluding diaryl/α,β-unsaturated/α-hetero) is 1. The minimum absolute atomic E-state index is 0.127. The summed E-state index contributed by atoms with van der Waals surface area (Å²) in [5.74, 6) is -0.744. The van der Waals surface area contributed by atoms with Crippen LogP contribution < -0.4 is 4.74 Å². The molecule has 1 aliphatic heterocycles. The third-order valence-electron chi connectivity index (χ3n) is 4.88. The molecule has 1 fully saturated rings. The van der Waals surface area contributed by atoms with E-state index in [1.54, 1.807) is 36.3 Å². The highest BCUT2D eigenvalue weighted by Gasteiger charge is 2.46. The van der Waals surface area contributed by atoms with Crippen LogP contribution in [-0.2, 0) is 14.3 Å². The molecule has 1 aromatic heterocycles. The van der Waals surface area contributed by atoms with Crippen LogP contribution >= 0.6 is 11.3 Å². The fourth-order valence-electron chi connectivity index (χ4n) is 3.46. The van der Waals surface area contributed by atoms with E-state index in [1.165, 1.54) is 11.3 Å². The maximum Gasteiger partial charge on any atom is 0.295 e. The summed E-state index contributed by atoms with van der Waals surface area (Å²) in [6.45, 7) is 5.23. The number of ether oxygens (including phenoxy) is 2. The number of aliphatic hydroxyl groups excluding tert-OH is 1. The third-order valence-corrected chi connectivity index (χ3v) is 5.95. The molecule has 0 radical (unpaired) electrons. The van der Waals surface area contributed by atoms with Gasteiger partial charge in [-0.2, -0.15) is 0 Å². The monoisotopic (exact) mass is 415 g/mol. The number of ketones is 1. The van der Waals surface area contributed by atoms with Crippen LogP contribution in [-0.4, -0.2) is 48.6 Å². The fraction of sp³-hybridized carbons (Fsp3) is 0.364. The summed E-state index contributed by atoms with van der Waals surface area (Å²) >= 11 is 1.48. The first-order valence-corrected chi connectivity index (χ1v) is 10.4. The lowest BCUT2D eigenvalue weighted by Crippen LogP contribution is -2.31. The molecule has 3 rings (SSSR count). The second-order valence-corrected chi connectivity index (χ2v) is 7.71. The van der Waals surface area contributed by atoms with Crippen LogP contribution in [0.2, 0.25) is 0 Å². The van der Waals surface area contributed by atoms with Crippen LogP contribution in [0.1, 0.15) is 35.4 Å². The van der Waals surface area contributed by atoms with Crippen LogP contribution in [0.4, 0.5) is 0 Å². The average molecular weight is 416 g/mol. The van der Waals surface area contributed by atoms with E-state index in [0.29, 0.717) is 37.5 Å². The Bertz CT molecular complexity index is 916. The first kappa shape index (κ1) is 21.1. The Labute approximate surface area is 174 Å². The lowest BCUT2D eigenvalue weighted by Gasteiger charge is -2.24. The molecule has 2 aromatic rings. The number of rotatable bonds is 8. The van der Waals surface area contributed by atoms with Crippen molar-refractivity contribution in [2.24, 2.45) is 0 Å². The number of nitrogens with zero attached hydrogens (tertiary/aromatic N) is 1. The highest BCUT2D eigenvalue weighted by Crippen LogP contribution is 2.42. The van der Waals surface area contributed by atoms with E-state index >= 15 is 0 Å². The zero-order valence-electron chi connectivity index (χ0n) is 16.8. The van der Waals surface area contributed by atoms with Crippen LogP contribution in [0.15, 0.2) is 41.3 Å². The quantitative estimate of drug-likeness (QED) is 0.306. The highest BCUT2D eigenvalue weighted by atomic mass is 32.1. The van der Waals surface area contributed by atoms with E-state index in [1.807, 2.05) is 25.3 Å². The van der Waals surface area contributed by atoms with Gasteiger partial charge < -0.3 is 19.5 Å². The van der Waals surface area contributed by atoms with Gasteiger partial charge >= 0.3 is 0 Å². The Kier molecular flexibility index (Phi) is 6.71. The molecular weight excluding hydrogens is 390 g/mol. The van der Waals surface area contributed by atoms with Crippen molar-refractivity contribution in [1.29, 1.82) is 0 Å². The van der Waals surface area contributed by atoms with Crippen molar-refractivity contribution in [3.63, 3.8) is 0 Å². The van der Waals surface area contributed by atoms with E-state index in [2.05, 4.69) is 0 Å². The Morgan fingerprint density at radius 2 is 1.93 bits per heavy atom. The van der Waals surface area contributed by atoms with Crippen molar-refractivity contribution in [3.05, 3.63) is 57.3 Å². The summed E-state index contributed by atoms with van der Waals surface area (Å²) in [7, 11) is 1.60. The molecule has 29 heavy (non-hydrogen) atoms. The molecule has 154 valence electrons. The molecule has 1 saturated heterocycles. The van der Waals surface area contributed by atoms with Crippen molar-refractivity contribution >= 4 is 28.8 Å². The number of hydrogen-bond acceptors (Lipinski definition) is 6. The van der Waals surface area contributed by atoms with Gasteiger partial charge in [0.2, 0.25) is 0 Å². The Morgan fingerprint density at radius 3 is 2.52 bits per heavy atom. The van der Waals surface area contributed by atoms with Gasteiger partial charge in [-0.25, -0.2) is 0 Å². The van der Waals surface area contributed by atoms with E-state index in [4.69, 9.17) is 9.47 Å². The Morgan fingerprint density at radius 1 is 1.21 bits per heavy atom. The molecule has 0 spiro atoms. The Hall–Kier alpha value is -2.64. The summed E-state index contributed by atoms with van der Waals surface area (Å²) < 4.78 is 10.5. The summed E-state index contributed by atoms with van der Waals surface area (Å²) in [6, 6.07) is 8.20. The zero-order valence-corrected chi connectivity index (χ0v) is 17.6. The number of likely N-dealkylation sites (tertiary alicyclic amines) is 1. The Balaban J connectivity index is 2.06. The van der Waals surface area contributed by atoms with E-state index < -0.39 is 17.7 Å².